The number of fused-ring (bicyclic) bond motifs is 4. The van der Waals surface area contributed by atoms with Crippen LogP contribution in [0, 0.1) is 29.1 Å². The minimum atomic E-state index is -0.437. The first-order valence-corrected chi connectivity index (χ1v) is 13.5. The van der Waals surface area contributed by atoms with Crippen LogP contribution in [0.15, 0.2) is 24.5 Å². The van der Waals surface area contributed by atoms with Crippen molar-refractivity contribution >= 4 is 16.8 Å². The Morgan fingerprint density at radius 2 is 1.97 bits per heavy atom. The van der Waals surface area contributed by atoms with Crippen molar-refractivity contribution in [1.29, 1.82) is 0 Å². The van der Waals surface area contributed by atoms with Crippen LogP contribution in [0.4, 0.5) is 0 Å². The molecule has 5 nitrogen and oxygen atoms in total. The summed E-state index contributed by atoms with van der Waals surface area (Å²) in [5.74, 6) is 2.72. The molecule has 0 spiro atoms. The van der Waals surface area contributed by atoms with Gasteiger partial charge in [0.2, 0.25) is 0 Å². The molecule has 2 heterocycles. The largest absolute Gasteiger partial charge is 0.390 e. The molecule has 3 aliphatic carbocycles. The lowest BCUT2D eigenvalue weighted by Gasteiger charge is -2.49. The molecule has 0 amide bonds. The van der Waals surface area contributed by atoms with Crippen LogP contribution in [-0.4, -0.2) is 31.3 Å². The summed E-state index contributed by atoms with van der Waals surface area (Å²) >= 11 is 0. The van der Waals surface area contributed by atoms with E-state index in [2.05, 4.69) is 23.9 Å². The highest BCUT2D eigenvalue weighted by molar-refractivity contribution is 5.84. The van der Waals surface area contributed by atoms with E-state index in [0.717, 1.165) is 61.4 Å². The number of Topliss-reactive ketones (excluding diaryl/α,β-unsaturated/α-hetero) is 1. The molecule has 0 bridgehead atoms. The van der Waals surface area contributed by atoms with Crippen LogP contribution < -0.4 is 0 Å². The van der Waals surface area contributed by atoms with Gasteiger partial charge in [0.05, 0.1) is 17.3 Å². The number of rotatable bonds is 4. The molecule has 5 rings (SSSR count). The average Bonchev–Trinajstić information content (AvgIpc) is 3.38. The number of pyridine rings is 1. The Morgan fingerprint density at radius 1 is 1.12 bits per heavy atom. The maximum Gasteiger partial charge on any atom is 0.157 e. The summed E-state index contributed by atoms with van der Waals surface area (Å²) in [6, 6.07) is 3.92. The van der Waals surface area contributed by atoms with Crippen LogP contribution in [0.25, 0.3) is 11.0 Å². The lowest BCUT2D eigenvalue weighted by molar-refractivity contribution is -0.129. The fourth-order valence-electron chi connectivity index (χ4n) is 7.99. The molecule has 1 N–H and O–H groups in total. The van der Waals surface area contributed by atoms with Crippen molar-refractivity contribution < 1.29 is 9.90 Å². The standard InChI is InChI=1S/C28H41N3O2/c1-3-28(33)14-5-4-9-21-20(8-6-15-28)13-16-27(2)22(21)11-12-23(27)26(32)19-31-25-10-7-17-29-24(25)18-30-31/h7,10,17-18,20-23,33H,3-6,8-9,11-16,19H2,1-2H3/t20-,21+,22-,23+,27-,28-/m0/s1. The molecular weight excluding hydrogens is 410 g/mol. The van der Waals surface area contributed by atoms with Gasteiger partial charge in [-0.15, -0.1) is 0 Å². The second-order valence-corrected chi connectivity index (χ2v) is 11.6. The number of nitrogens with zero attached hydrogens (tertiary/aromatic N) is 3. The van der Waals surface area contributed by atoms with E-state index in [9.17, 15) is 9.90 Å². The Hall–Kier alpha value is -1.75. The van der Waals surface area contributed by atoms with Gasteiger partial charge < -0.3 is 5.11 Å². The maximum absolute atomic E-state index is 13.6. The first-order chi connectivity index (χ1) is 15.9. The Morgan fingerprint density at radius 3 is 2.82 bits per heavy atom. The van der Waals surface area contributed by atoms with E-state index in [1.807, 2.05) is 16.8 Å². The van der Waals surface area contributed by atoms with E-state index in [0.29, 0.717) is 18.2 Å². The Balaban J connectivity index is 1.30. The molecule has 0 unspecified atom stereocenters. The third kappa shape index (κ3) is 4.26. The zero-order chi connectivity index (χ0) is 23.1. The molecule has 0 saturated heterocycles. The zero-order valence-corrected chi connectivity index (χ0v) is 20.5. The van der Waals surface area contributed by atoms with Crippen LogP contribution in [0.5, 0.6) is 0 Å². The summed E-state index contributed by atoms with van der Waals surface area (Å²) in [4.78, 5) is 18.0. The van der Waals surface area contributed by atoms with E-state index >= 15 is 0 Å². The van der Waals surface area contributed by atoms with E-state index in [-0.39, 0.29) is 11.3 Å². The zero-order valence-electron chi connectivity index (χ0n) is 20.5. The van der Waals surface area contributed by atoms with E-state index in [1.165, 1.54) is 38.5 Å². The normalized spacial score (nSPS) is 37.4. The first kappa shape index (κ1) is 23.0. The van der Waals surface area contributed by atoms with E-state index in [1.54, 1.807) is 12.4 Å². The van der Waals surface area contributed by atoms with Gasteiger partial charge in [-0.1, -0.05) is 39.5 Å². The maximum atomic E-state index is 13.6. The van der Waals surface area contributed by atoms with Gasteiger partial charge in [-0.25, -0.2) is 0 Å². The van der Waals surface area contributed by atoms with Crippen LogP contribution in [-0.2, 0) is 11.3 Å². The van der Waals surface area contributed by atoms with Crippen molar-refractivity contribution in [1.82, 2.24) is 14.8 Å². The van der Waals surface area contributed by atoms with Gasteiger partial charge in [0.15, 0.2) is 5.78 Å². The lowest BCUT2D eigenvalue weighted by atomic mass is 9.55. The molecule has 3 saturated carbocycles. The molecule has 0 aromatic carbocycles. The van der Waals surface area contributed by atoms with Crippen molar-refractivity contribution in [3.63, 3.8) is 0 Å². The third-order valence-corrected chi connectivity index (χ3v) is 10.00. The summed E-state index contributed by atoms with van der Waals surface area (Å²) in [6.45, 7) is 4.94. The minimum absolute atomic E-state index is 0.133. The summed E-state index contributed by atoms with van der Waals surface area (Å²) in [7, 11) is 0. The molecule has 6 atom stereocenters. The molecule has 2 aromatic heterocycles. The third-order valence-electron chi connectivity index (χ3n) is 10.00. The Kier molecular flexibility index (Phi) is 6.37. The number of aliphatic hydroxyl groups is 1. The van der Waals surface area contributed by atoms with Gasteiger partial charge in [-0.05, 0) is 86.7 Å². The Labute approximate surface area is 198 Å². The molecule has 5 heteroatoms. The van der Waals surface area contributed by atoms with Crippen LogP contribution >= 0.6 is 0 Å². The second-order valence-electron chi connectivity index (χ2n) is 11.6. The molecule has 180 valence electrons. The average molecular weight is 452 g/mol. The second kappa shape index (κ2) is 9.13. The quantitative estimate of drug-likeness (QED) is 0.624. The molecule has 0 aliphatic heterocycles. The number of aromatic nitrogens is 3. The fourth-order valence-corrected chi connectivity index (χ4v) is 7.99. The smallest absolute Gasteiger partial charge is 0.157 e. The van der Waals surface area contributed by atoms with Crippen LogP contribution in [0.3, 0.4) is 0 Å². The monoisotopic (exact) mass is 451 g/mol. The molecule has 3 aliphatic rings. The summed E-state index contributed by atoms with van der Waals surface area (Å²) in [5, 5.41) is 15.4. The van der Waals surface area contributed by atoms with Crippen molar-refractivity contribution in [2.45, 2.75) is 103 Å². The van der Waals surface area contributed by atoms with Gasteiger partial charge in [0.1, 0.15) is 12.1 Å². The number of hydrogen-bond acceptors (Lipinski definition) is 4. The van der Waals surface area contributed by atoms with E-state index in [4.69, 9.17) is 0 Å². The predicted octanol–water partition coefficient (Wildman–Crippen LogP) is 5.94. The van der Waals surface area contributed by atoms with Crippen LogP contribution in [0.2, 0.25) is 0 Å². The van der Waals surface area contributed by atoms with Gasteiger partial charge in [-0.3, -0.25) is 14.5 Å². The number of carbonyl (C=O) groups is 1. The van der Waals surface area contributed by atoms with Crippen LogP contribution in [0.1, 0.15) is 90.9 Å². The number of carbonyl (C=O) groups excluding carboxylic acids is 1. The molecule has 0 radical (unpaired) electrons. The number of hydrogen-bond donors (Lipinski definition) is 1. The molecular formula is C28H41N3O2. The van der Waals surface area contributed by atoms with Gasteiger partial charge in [0.25, 0.3) is 0 Å². The van der Waals surface area contributed by atoms with Gasteiger partial charge in [-0.2, -0.15) is 5.10 Å². The SMILES string of the molecule is CC[C@]1(O)CCCC[C@@H]2[C@@H](CCC1)CC[C@]1(C)[C@@H](C(=O)Cn3ncc4ncccc43)CC[C@@H]21. The van der Waals surface area contributed by atoms with Crippen molar-refractivity contribution in [3.05, 3.63) is 24.5 Å². The fraction of sp³-hybridized carbons (Fsp3) is 0.750. The lowest BCUT2D eigenvalue weighted by Crippen LogP contribution is -2.44. The summed E-state index contributed by atoms with van der Waals surface area (Å²) in [5.41, 5.74) is 1.51. The first-order valence-electron chi connectivity index (χ1n) is 13.5. The van der Waals surface area contributed by atoms with Gasteiger partial charge in [0, 0.05) is 12.1 Å². The van der Waals surface area contributed by atoms with Gasteiger partial charge >= 0.3 is 0 Å². The Bertz CT molecular complexity index is 986. The highest BCUT2D eigenvalue weighted by atomic mass is 16.3. The molecule has 2 aromatic rings. The molecule has 33 heavy (non-hydrogen) atoms. The van der Waals surface area contributed by atoms with E-state index < -0.39 is 5.60 Å². The highest BCUT2D eigenvalue weighted by Gasteiger charge is 2.55. The summed E-state index contributed by atoms with van der Waals surface area (Å²) < 4.78 is 1.85. The van der Waals surface area contributed by atoms with Crippen molar-refractivity contribution in [3.8, 4) is 0 Å². The minimum Gasteiger partial charge on any atom is -0.390 e. The van der Waals surface area contributed by atoms with Crippen molar-refractivity contribution in [2.75, 3.05) is 0 Å². The molecule has 3 fully saturated rings. The predicted molar refractivity (Wildman–Crippen MR) is 131 cm³/mol. The summed E-state index contributed by atoms with van der Waals surface area (Å²) in [6.07, 6.45) is 17.1. The van der Waals surface area contributed by atoms with Crippen molar-refractivity contribution in [2.24, 2.45) is 29.1 Å². The topological polar surface area (TPSA) is 68.0 Å². The highest BCUT2D eigenvalue weighted by Crippen LogP contribution is 2.61. The number of ketones is 1.